The number of aliphatic hydroxyl groups excluding tert-OH is 1. The highest BCUT2D eigenvalue weighted by Crippen LogP contribution is 2.15. The smallest absolute Gasteiger partial charge is 0.331 e. The van der Waals surface area contributed by atoms with Crippen LogP contribution in [0.4, 0.5) is 0 Å². The van der Waals surface area contributed by atoms with E-state index in [1.54, 1.807) is 54.6 Å². The molecular weight excluding hydrogens is 402 g/mol. The molecule has 0 radical (unpaired) electrons. The third-order valence-corrected chi connectivity index (χ3v) is 5.14. The summed E-state index contributed by atoms with van der Waals surface area (Å²) in [7, 11) is 1.49. The largest absolute Gasteiger partial charge is 0.480 e. The molecule has 3 N–H and O–H groups in total. The number of benzene rings is 2. The highest BCUT2D eigenvalue weighted by atomic mass is 16.4. The van der Waals surface area contributed by atoms with Gasteiger partial charge in [0, 0.05) is 13.5 Å². The lowest BCUT2D eigenvalue weighted by molar-refractivity contribution is -0.145. The van der Waals surface area contributed by atoms with Gasteiger partial charge >= 0.3 is 11.7 Å². The molecule has 0 spiro atoms. The van der Waals surface area contributed by atoms with Gasteiger partial charge in [0.25, 0.3) is 5.56 Å². The van der Waals surface area contributed by atoms with Crippen LogP contribution < -0.4 is 16.6 Å². The fourth-order valence-corrected chi connectivity index (χ4v) is 3.48. The molecular formula is C22H23N3O6. The van der Waals surface area contributed by atoms with Crippen LogP contribution in [0.25, 0.3) is 10.9 Å². The van der Waals surface area contributed by atoms with Gasteiger partial charge in [0.05, 0.1) is 17.0 Å². The van der Waals surface area contributed by atoms with Crippen molar-refractivity contribution >= 4 is 22.8 Å². The summed E-state index contributed by atoms with van der Waals surface area (Å²) in [6, 6.07) is 12.4. The van der Waals surface area contributed by atoms with Crippen LogP contribution in [0.3, 0.4) is 0 Å². The first-order valence-electron chi connectivity index (χ1n) is 9.67. The van der Waals surface area contributed by atoms with Crippen LogP contribution in [-0.4, -0.2) is 43.4 Å². The van der Waals surface area contributed by atoms with E-state index in [4.69, 9.17) is 0 Å². The topological polar surface area (TPSA) is 131 Å². The molecule has 1 aromatic heterocycles. The lowest BCUT2D eigenvalue weighted by Crippen LogP contribution is -2.53. The van der Waals surface area contributed by atoms with E-state index in [2.05, 4.69) is 5.32 Å². The summed E-state index contributed by atoms with van der Waals surface area (Å²) in [6.07, 6.45) is -1.40. The predicted octanol–water partition coefficient (Wildman–Crippen LogP) is 0.434. The molecule has 3 rings (SSSR count). The van der Waals surface area contributed by atoms with Gasteiger partial charge in [-0.3, -0.25) is 14.2 Å². The number of carbonyl (C=O) groups excluding carboxylic acids is 1. The lowest BCUT2D eigenvalue weighted by Gasteiger charge is -2.24. The second-order valence-electron chi connectivity index (χ2n) is 7.30. The maximum absolute atomic E-state index is 13.2. The second-order valence-corrected chi connectivity index (χ2v) is 7.30. The highest BCUT2D eigenvalue weighted by Gasteiger charge is 2.31. The molecule has 0 bridgehead atoms. The van der Waals surface area contributed by atoms with Crippen molar-refractivity contribution in [3.63, 3.8) is 0 Å². The van der Waals surface area contributed by atoms with Crippen LogP contribution in [0.2, 0.25) is 0 Å². The van der Waals surface area contributed by atoms with Crippen LogP contribution in [0.5, 0.6) is 0 Å². The van der Waals surface area contributed by atoms with Gasteiger partial charge in [0.1, 0.15) is 6.04 Å². The van der Waals surface area contributed by atoms with Gasteiger partial charge in [0.2, 0.25) is 5.91 Å². The third-order valence-electron chi connectivity index (χ3n) is 5.14. The Kier molecular flexibility index (Phi) is 6.36. The standard InChI is InChI=1S/C22H23N3O6/c1-13(26)18(21(29)30)23-19(27)17(12-14-8-4-3-5-9-14)25-20(28)15-10-6-7-11-16(15)24(2)22(25)31/h3-11,13,17-18,26H,12H2,1-2H3,(H,23,27)(H,29,30)/t13?,17-,18-/m0/s1. The summed E-state index contributed by atoms with van der Waals surface area (Å²) in [5.74, 6) is -2.28. The number of carboxylic acid groups (broad SMARTS) is 1. The number of amides is 1. The first-order valence-corrected chi connectivity index (χ1v) is 9.67. The molecule has 0 aliphatic carbocycles. The van der Waals surface area contributed by atoms with Crippen molar-refractivity contribution in [1.29, 1.82) is 0 Å². The van der Waals surface area contributed by atoms with Gasteiger partial charge in [-0.05, 0) is 24.6 Å². The number of aliphatic carboxylic acids is 1. The summed E-state index contributed by atoms with van der Waals surface area (Å²) < 4.78 is 2.11. The number of carbonyl (C=O) groups is 2. The summed E-state index contributed by atoms with van der Waals surface area (Å²) in [4.78, 5) is 50.8. The SMILES string of the molecule is CC(O)[C@H](NC(=O)[C@H](Cc1ccccc1)n1c(=O)c2ccccc2n(C)c1=O)C(=O)O. The number of nitrogens with one attached hydrogen (secondary N) is 1. The van der Waals surface area contributed by atoms with Gasteiger partial charge < -0.3 is 15.5 Å². The van der Waals surface area contributed by atoms with E-state index in [1.807, 2.05) is 0 Å². The van der Waals surface area contributed by atoms with Crippen LogP contribution in [-0.2, 0) is 23.1 Å². The summed E-state index contributed by atoms with van der Waals surface area (Å²) in [6.45, 7) is 1.23. The zero-order chi connectivity index (χ0) is 22.7. The lowest BCUT2D eigenvalue weighted by atomic mass is 10.0. The quantitative estimate of drug-likeness (QED) is 0.503. The van der Waals surface area contributed by atoms with E-state index in [1.165, 1.54) is 18.5 Å². The fraction of sp³-hybridized carbons (Fsp3) is 0.273. The number of aromatic nitrogens is 2. The van der Waals surface area contributed by atoms with Crippen molar-refractivity contribution < 1.29 is 19.8 Å². The first-order chi connectivity index (χ1) is 14.7. The minimum absolute atomic E-state index is 0.0215. The normalized spacial score (nSPS) is 14.0. The van der Waals surface area contributed by atoms with Gasteiger partial charge in [-0.15, -0.1) is 0 Å². The minimum Gasteiger partial charge on any atom is -0.480 e. The van der Waals surface area contributed by atoms with Crippen molar-refractivity contribution in [2.24, 2.45) is 7.05 Å². The average Bonchev–Trinajstić information content (AvgIpc) is 2.75. The fourth-order valence-electron chi connectivity index (χ4n) is 3.48. The Labute approximate surface area is 177 Å². The zero-order valence-electron chi connectivity index (χ0n) is 17.1. The maximum atomic E-state index is 13.2. The molecule has 3 aromatic rings. The van der Waals surface area contributed by atoms with Gasteiger partial charge in [-0.2, -0.15) is 0 Å². The van der Waals surface area contributed by atoms with E-state index in [-0.39, 0.29) is 11.8 Å². The Balaban J connectivity index is 2.17. The van der Waals surface area contributed by atoms with E-state index >= 15 is 0 Å². The Morgan fingerprint density at radius 1 is 1.03 bits per heavy atom. The number of carboxylic acids is 1. The predicted molar refractivity (Wildman–Crippen MR) is 114 cm³/mol. The van der Waals surface area contributed by atoms with E-state index in [9.17, 15) is 29.4 Å². The third kappa shape index (κ3) is 4.41. The van der Waals surface area contributed by atoms with Crippen LogP contribution in [0, 0.1) is 0 Å². The molecule has 0 aliphatic heterocycles. The molecule has 2 aromatic carbocycles. The number of nitrogens with zero attached hydrogens (tertiary/aromatic N) is 2. The monoisotopic (exact) mass is 425 g/mol. The summed E-state index contributed by atoms with van der Waals surface area (Å²) in [5, 5.41) is 21.6. The van der Waals surface area contributed by atoms with E-state index < -0.39 is 41.3 Å². The molecule has 0 saturated heterocycles. The highest BCUT2D eigenvalue weighted by molar-refractivity contribution is 5.87. The van der Waals surface area contributed by atoms with Crippen LogP contribution >= 0.6 is 0 Å². The van der Waals surface area contributed by atoms with Crippen molar-refractivity contribution in [1.82, 2.24) is 14.5 Å². The van der Waals surface area contributed by atoms with Crippen molar-refractivity contribution in [2.45, 2.75) is 31.5 Å². The van der Waals surface area contributed by atoms with E-state index in [0.717, 1.165) is 4.57 Å². The van der Waals surface area contributed by atoms with Crippen molar-refractivity contribution in [2.75, 3.05) is 0 Å². The minimum atomic E-state index is -1.59. The molecule has 9 heteroatoms. The molecule has 0 saturated carbocycles. The Bertz CT molecular complexity index is 1230. The Morgan fingerprint density at radius 3 is 2.26 bits per heavy atom. The molecule has 0 fully saturated rings. The van der Waals surface area contributed by atoms with Crippen LogP contribution in [0.1, 0.15) is 18.5 Å². The number of rotatable bonds is 7. The number of fused-ring (bicyclic) bond motifs is 1. The van der Waals surface area contributed by atoms with Gasteiger partial charge in [0.15, 0.2) is 6.04 Å². The molecule has 3 atom stereocenters. The van der Waals surface area contributed by atoms with E-state index in [0.29, 0.717) is 11.1 Å². The molecule has 1 unspecified atom stereocenters. The van der Waals surface area contributed by atoms with Crippen molar-refractivity contribution in [3.8, 4) is 0 Å². The molecule has 9 nitrogen and oxygen atoms in total. The first kappa shape index (κ1) is 22.0. The van der Waals surface area contributed by atoms with Crippen LogP contribution in [0.15, 0.2) is 64.2 Å². The average molecular weight is 425 g/mol. The van der Waals surface area contributed by atoms with Gasteiger partial charge in [-0.1, -0.05) is 42.5 Å². The summed E-state index contributed by atoms with van der Waals surface area (Å²) >= 11 is 0. The number of para-hydroxylation sites is 1. The van der Waals surface area contributed by atoms with Gasteiger partial charge in [-0.25, -0.2) is 14.2 Å². The number of aliphatic hydroxyl groups is 1. The Morgan fingerprint density at radius 2 is 1.65 bits per heavy atom. The maximum Gasteiger partial charge on any atom is 0.331 e. The Hall–Kier alpha value is -3.72. The number of hydrogen-bond acceptors (Lipinski definition) is 5. The molecule has 1 heterocycles. The molecule has 0 aliphatic rings. The number of aryl methyl sites for hydroxylation is 1. The molecule has 162 valence electrons. The zero-order valence-corrected chi connectivity index (χ0v) is 17.1. The summed E-state index contributed by atoms with van der Waals surface area (Å²) in [5.41, 5.74) is -0.267. The van der Waals surface area contributed by atoms with Crippen molar-refractivity contribution in [3.05, 3.63) is 81.0 Å². The second kappa shape index (κ2) is 8.97. The molecule has 31 heavy (non-hydrogen) atoms. The molecule has 1 amide bonds. The number of hydrogen-bond donors (Lipinski definition) is 3.